The highest BCUT2D eigenvalue weighted by Gasteiger charge is 2.38. The first-order valence-electron chi connectivity index (χ1n) is 13.7. The lowest BCUT2D eigenvalue weighted by molar-refractivity contribution is -0.123. The summed E-state index contributed by atoms with van der Waals surface area (Å²) in [4.78, 5) is 49.2. The first-order valence-corrected chi connectivity index (χ1v) is 15.3. The second-order valence-corrected chi connectivity index (χ2v) is 12.9. The summed E-state index contributed by atoms with van der Waals surface area (Å²) in [5, 5.41) is 14.6. The number of ether oxygens (including phenoxy) is 3. The third-order valence-corrected chi connectivity index (χ3v) is 8.11. The molecule has 2 aromatic rings. The molecule has 3 rings (SSSR count). The van der Waals surface area contributed by atoms with Crippen molar-refractivity contribution in [2.24, 2.45) is 0 Å². The minimum Gasteiger partial charge on any atom is -0.507 e. The molecule has 0 aliphatic carbocycles. The van der Waals surface area contributed by atoms with Gasteiger partial charge in [0.25, 0.3) is 0 Å². The number of alkyl carbamates (subject to hydrolysis) is 1. The van der Waals surface area contributed by atoms with Crippen molar-refractivity contribution in [3.8, 4) is 11.5 Å². The third kappa shape index (κ3) is 9.76. The molecule has 1 aliphatic rings. The van der Waals surface area contributed by atoms with Gasteiger partial charge in [0, 0.05) is 13.0 Å². The standard InChI is InChI=1S/C29H39N3O10S/c1-29(2,3)42-28(37)31-20(16-18-10-12-19(13-11-18)23-17-24(34)32-43(23,38)39)26(35)30-14-5-6-15-41-22-9-7-8-21(33)25(22)27(36)40-4/h7-13,20,23,33,38-39H,5-6,14-17H2,1-4H3,(H,30,35)(H,31,37)(H,32,34)/t20-,23?/m0/s1. The Hall–Kier alpha value is -4.01. The maximum absolute atomic E-state index is 13.1. The Labute approximate surface area is 251 Å². The van der Waals surface area contributed by atoms with Crippen LogP contribution in [0.1, 0.15) is 66.8 Å². The fourth-order valence-electron chi connectivity index (χ4n) is 4.33. The smallest absolute Gasteiger partial charge is 0.408 e. The van der Waals surface area contributed by atoms with Crippen LogP contribution in [0.15, 0.2) is 42.5 Å². The van der Waals surface area contributed by atoms with E-state index in [4.69, 9.17) is 9.47 Å². The van der Waals surface area contributed by atoms with E-state index in [9.17, 15) is 33.4 Å². The summed E-state index contributed by atoms with van der Waals surface area (Å²) < 4.78 is 38.2. The number of phenolic OH excluding ortho intramolecular Hbond substituents is 1. The van der Waals surface area contributed by atoms with E-state index in [0.29, 0.717) is 24.0 Å². The molecule has 14 heteroatoms. The van der Waals surface area contributed by atoms with E-state index in [1.54, 1.807) is 57.2 Å². The van der Waals surface area contributed by atoms with Crippen LogP contribution in [0.2, 0.25) is 0 Å². The molecule has 0 bridgehead atoms. The molecule has 2 atom stereocenters. The molecule has 0 aromatic heterocycles. The zero-order valence-electron chi connectivity index (χ0n) is 24.5. The highest BCUT2D eigenvalue weighted by atomic mass is 32.3. The maximum atomic E-state index is 13.1. The number of amides is 3. The van der Waals surface area contributed by atoms with Crippen molar-refractivity contribution >= 4 is 34.7 Å². The van der Waals surface area contributed by atoms with Gasteiger partial charge in [0.2, 0.25) is 11.8 Å². The minimum atomic E-state index is -3.29. The number of carbonyl (C=O) groups is 4. The highest BCUT2D eigenvalue weighted by molar-refractivity contribution is 8.23. The Bertz CT molecular complexity index is 1310. The van der Waals surface area contributed by atoms with E-state index < -0.39 is 51.5 Å². The predicted molar refractivity (Wildman–Crippen MR) is 159 cm³/mol. The van der Waals surface area contributed by atoms with Gasteiger partial charge in [-0.05, 0) is 56.9 Å². The van der Waals surface area contributed by atoms with Gasteiger partial charge in [0.1, 0.15) is 34.0 Å². The summed E-state index contributed by atoms with van der Waals surface area (Å²) >= 11 is 0. The van der Waals surface area contributed by atoms with E-state index in [-0.39, 0.29) is 43.1 Å². The number of unbranched alkanes of at least 4 members (excludes halogenated alkanes) is 1. The SMILES string of the molecule is COC(=O)c1c(O)cccc1OCCCCNC(=O)[C@H](Cc1ccc(C2CC(=O)NS2(O)O)cc1)NC(=O)OC(C)(C)C. The van der Waals surface area contributed by atoms with Gasteiger partial charge in [-0.25, -0.2) is 9.59 Å². The number of esters is 1. The summed E-state index contributed by atoms with van der Waals surface area (Å²) in [5.41, 5.74) is 0.417. The summed E-state index contributed by atoms with van der Waals surface area (Å²) in [5.74, 6) is -1.66. The van der Waals surface area contributed by atoms with Crippen LogP contribution >= 0.6 is 10.8 Å². The van der Waals surface area contributed by atoms with Crippen molar-refractivity contribution in [1.29, 1.82) is 0 Å². The van der Waals surface area contributed by atoms with Gasteiger partial charge in [-0.15, -0.1) is 10.8 Å². The third-order valence-electron chi connectivity index (χ3n) is 6.35. The van der Waals surface area contributed by atoms with Crippen molar-refractivity contribution in [2.75, 3.05) is 20.3 Å². The number of rotatable bonds is 12. The first-order chi connectivity index (χ1) is 20.2. The minimum absolute atomic E-state index is 0.0434. The van der Waals surface area contributed by atoms with Crippen LogP contribution < -0.4 is 20.1 Å². The van der Waals surface area contributed by atoms with E-state index in [0.717, 1.165) is 0 Å². The van der Waals surface area contributed by atoms with Crippen LogP contribution in [0, 0.1) is 0 Å². The van der Waals surface area contributed by atoms with Gasteiger partial charge in [0.15, 0.2) is 0 Å². The molecule has 3 amide bonds. The Morgan fingerprint density at radius 1 is 1.09 bits per heavy atom. The Morgan fingerprint density at radius 2 is 1.79 bits per heavy atom. The number of benzene rings is 2. The van der Waals surface area contributed by atoms with Crippen molar-refractivity contribution in [2.45, 2.75) is 63.3 Å². The molecule has 1 fully saturated rings. The van der Waals surface area contributed by atoms with Gasteiger partial charge in [-0.3, -0.25) is 23.4 Å². The molecule has 1 aliphatic heterocycles. The van der Waals surface area contributed by atoms with E-state index >= 15 is 0 Å². The number of methoxy groups -OCH3 is 1. The molecular weight excluding hydrogens is 582 g/mol. The van der Waals surface area contributed by atoms with Gasteiger partial charge in [-0.1, -0.05) is 30.3 Å². The Balaban J connectivity index is 1.57. The molecule has 6 N–H and O–H groups in total. The van der Waals surface area contributed by atoms with Gasteiger partial charge in [-0.2, -0.15) is 0 Å². The molecule has 1 unspecified atom stereocenters. The number of aromatic hydroxyl groups is 1. The lowest BCUT2D eigenvalue weighted by Crippen LogP contribution is -2.49. The molecule has 236 valence electrons. The molecule has 0 radical (unpaired) electrons. The van der Waals surface area contributed by atoms with Crippen molar-refractivity contribution in [3.05, 3.63) is 59.2 Å². The normalized spacial score (nSPS) is 17.3. The molecule has 0 spiro atoms. The molecule has 0 saturated carbocycles. The largest absolute Gasteiger partial charge is 0.507 e. The van der Waals surface area contributed by atoms with Crippen molar-refractivity contribution in [1.82, 2.24) is 15.4 Å². The summed E-state index contributed by atoms with van der Waals surface area (Å²) in [7, 11) is -2.09. The quantitative estimate of drug-likeness (QED) is 0.150. The summed E-state index contributed by atoms with van der Waals surface area (Å²) in [6.07, 6.45) is 0.361. The van der Waals surface area contributed by atoms with Crippen LogP contribution in [0.4, 0.5) is 4.79 Å². The van der Waals surface area contributed by atoms with Crippen molar-refractivity contribution < 1.29 is 47.6 Å². The van der Waals surface area contributed by atoms with Crippen LogP contribution in [0.3, 0.4) is 0 Å². The van der Waals surface area contributed by atoms with E-state index in [1.807, 2.05) is 0 Å². The molecule has 1 saturated heterocycles. The summed E-state index contributed by atoms with van der Waals surface area (Å²) in [6, 6.07) is 10.2. The van der Waals surface area contributed by atoms with E-state index in [1.165, 1.54) is 13.2 Å². The molecular formula is C29H39N3O10S. The van der Waals surface area contributed by atoms with Crippen LogP contribution in [-0.2, 0) is 25.5 Å². The lowest BCUT2D eigenvalue weighted by Gasteiger charge is -2.32. The van der Waals surface area contributed by atoms with Gasteiger partial charge < -0.3 is 30.0 Å². The number of carbonyl (C=O) groups excluding carboxylic acids is 4. The number of hydrogen-bond donors (Lipinski definition) is 6. The average molecular weight is 622 g/mol. The summed E-state index contributed by atoms with van der Waals surface area (Å²) in [6.45, 7) is 5.61. The fraction of sp³-hybridized carbons (Fsp3) is 0.448. The average Bonchev–Trinajstić information content (AvgIpc) is 3.20. The lowest BCUT2D eigenvalue weighted by atomic mass is 10.0. The zero-order chi connectivity index (χ0) is 31.8. The van der Waals surface area contributed by atoms with Gasteiger partial charge in [0.05, 0.1) is 20.1 Å². The second kappa shape index (κ2) is 14.4. The van der Waals surface area contributed by atoms with Crippen LogP contribution in [0.25, 0.3) is 0 Å². The monoisotopic (exact) mass is 621 g/mol. The van der Waals surface area contributed by atoms with E-state index in [2.05, 4.69) is 20.1 Å². The number of nitrogens with one attached hydrogen (secondary N) is 3. The molecule has 43 heavy (non-hydrogen) atoms. The molecule has 2 aromatic carbocycles. The van der Waals surface area contributed by atoms with Crippen LogP contribution in [-0.4, -0.2) is 70.0 Å². The molecule has 13 nitrogen and oxygen atoms in total. The Morgan fingerprint density at radius 3 is 2.40 bits per heavy atom. The topological polar surface area (TPSA) is 193 Å². The maximum Gasteiger partial charge on any atom is 0.408 e. The molecule has 1 heterocycles. The van der Waals surface area contributed by atoms with Gasteiger partial charge >= 0.3 is 12.1 Å². The highest BCUT2D eigenvalue weighted by Crippen LogP contribution is 2.56. The number of phenols is 1. The van der Waals surface area contributed by atoms with Crippen molar-refractivity contribution in [3.63, 3.8) is 0 Å². The fourth-order valence-corrected chi connectivity index (χ4v) is 5.81. The Kier molecular flexibility index (Phi) is 11.2. The number of hydrogen-bond acceptors (Lipinski definition) is 10. The zero-order valence-corrected chi connectivity index (χ0v) is 25.4. The first kappa shape index (κ1) is 33.5. The predicted octanol–water partition coefficient (Wildman–Crippen LogP) is 3.82. The van der Waals surface area contributed by atoms with Crippen LogP contribution in [0.5, 0.6) is 11.5 Å². The second-order valence-electron chi connectivity index (χ2n) is 10.9.